The molecule has 1 N–H and O–H groups in total. The third kappa shape index (κ3) is 2.94. The van der Waals surface area contributed by atoms with Crippen LogP contribution >= 0.6 is 0 Å². The molecule has 0 amide bonds. The van der Waals surface area contributed by atoms with Crippen LogP contribution in [0.15, 0.2) is 30.3 Å². The van der Waals surface area contributed by atoms with Gasteiger partial charge in [-0.25, -0.2) is 0 Å². The Kier molecular flexibility index (Phi) is 4.22. The number of ether oxygens (including phenoxy) is 1. The van der Waals surface area contributed by atoms with E-state index in [0.29, 0.717) is 18.1 Å². The number of rotatable bonds is 4. The molecule has 112 valence electrons. The molecule has 3 unspecified atom stereocenters. The molecule has 0 aliphatic carbocycles. The minimum atomic E-state index is 0.320. The topological polar surface area (TPSA) is 34.2 Å². The van der Waals surface area contributed by atoms with Crippen molar-refractivity contribution in [2.24, 2.45) is 5.92 Å². The number of aryl methyl sites for hydroxylation is 1. The fraction of sp³-hybridized carbons (Fsp3) is 0.500. The Labute approximate surface area is 126 Å². The number of pyridine rings is 1. The summed E-state index contributed by atoms with van der Waals surface area (Å²) in [7, 11) is 0. The second-order valence-electron chi connectivity index (χ2n) is 5.97. The van der Waals surface area contributed by atoms with Crippen LogP contribution in [0.1, 0.15) is 37.6 Å². The summed E-state index contributed by atoms with van der Waals surface area (Å²) in [5.41, 5.74) is 3.48. The first-order valence-corrected chi connectivity index (χ1v) is 7.91. The summed E-state index contributed by atoms with van der Waals surface area (Å²) in [6.45, 7) is 8.24. The van der Waals surface area contributed by atoms with Gasteiger partial charge in [-0.2, -0.15) is 0 Å². The second-order valence-corrected chi connectivity index (χ2v) is 5.97. The van der Waals surface area contributed by atoms with Gasteiger partial charge in [0.25, 0.3) is 0 Å². The maximum Gasteiger partial charge on any atom is 0.0705 e. The number of benzene rings is 1. The van der Waals surface area contributed by atoms with Gasteiger partial charge in [-0.05, 0) is 50.6 Å². The van der Waals surface area contributed by atoms with Gasteiger partial charge in [-0.3, -0.25) is 4.98 Å². The van der Waals surface area contributed by atoms with E-state index >= 15 is 0 Å². The lowest BCUT2D eigenvalue weighted by molar-refractivity contribution is 0.0956. The first-order valence-electron chi connectivity index (χ1n) is 7.91. The molecule has 0 spiro atoms. The zero-order valence-corrected chi connectivity index (χ0v) is 13.1. The predicted molar refractivity (Wildman–Crippen MR) is 86.4 cm³/mol. The largest absolute Gasteiger partial charge is 0.378 e. The zero-order chi connectivity index (χ0) is 14.8. The zero-order valence-electron chi connectivity index (χ0n) is 13.1. The molecule has 3 atom stereocenters. The van der Waals surface area contributed by atoms with Gasteiger partial charge in [0.15, 0.2) is 0 Å². The molecule has 0 radical (unpaired) electrons. The summed E-state index contributed by atoms with van der Waals surface area (Å²) in [6.07, 6.45) is 1.45. The fourth-order valence-corrected chi connectivity index (χ4v) is 3.36. The lowest BCUT2D eigenvalue weighted by atomic mass is 9.87. The first kappa shape index (κ1) is 14.5. The van der Waals surface area contributed by atoms with Crippen molar-refractivity contribution in [2.75, 3.05) is 13.2 Å². The summed E-state index contributed by atoms with van der Waals surface area (Å²) in [6, 6.07) is 11.2. The van der Waals surface area contributed by atoms with Gasteiger partial charge in [-0.1, -0.05) is 19.1 Å². The molecule has 1 fully saturated rings. The van der Waals surface area contributed by atoms with Crippen LogP contribution < -0.4 is 5.32 Å². The molecule has 1 aliphatic heterocycles. The van der Waals surface area contributed by atoms with Crippen molar-refractivity contribution in [3.05, 3.63) is 41.6 Å². The average Bonchev–Trinajstić information content (AvgIpc) is 2.90. The van der Waals surface area contributed by atoms with Crippen LogP contribution in [0.3, 0.4) is 0 Å². The Balaban J connectivity index is 1.96. The molecular weight excluding hydrogens is 260 g/mol. The molecule has 1 aliphatic rings. The van der Waals surface area contributed by atoms with Crippen molar-refractivity contribution in [2.45, 2.75) is 39.3 Å². The molecule has 3 rings (SSSR count). The molecule has 3 nitrogen and oxygen atoms in total. The van der Waals surface area contributed by atoms with Crippen LogP contribution in [-0.4, -0.2) is 24.2 Å². The monoisotopic (exact) mass is 284 g/mol. The van der Waals surface area contributed by atoms with Gasteiger partial charge in [0.05, 0.1) is 11.6 Å². The van der Waals surface area contributed by atoms with E-state index in [2.05, 4.69) is 54.5 Å². The van der Waals surface area contributed by atoms with Crippen LogP contribution in [0.4, 0.5) is 0 Å². The molecule has 1 saturated heterocycles. The summed E-state index contributed by atoms with van der Waals surface area (Å²) >= 11 is 0. The third-order valence-corrected chi connectivity index (χ3v) is 4.50. The molecule has 2 heterocycles. The van der Waals surface area contributed by atoms with Crippen molar-refractivity contribution in [3.63, 3.8) is 0 Å². The predicted octanol–water partition coefficient (Wildman–Crippen LogP) is 3.62. The van der Waals surface area contributed by atoms with Crippen molar-refractivity contribution in [1.82, 2.24) is 10.3 Å². The summed E-state index contributed by atoms with van der Waals surface area (Å²) in [5, 5.41) is 4.86. The Morgan fingerprint density at radius 1 is 1.33 bits per heavy atom. The van der Waals surface area contributed by atoms with Crippen molar-refractivity contribution >= 4 is 10.9 Å². The van der Waals surface area contributed by atoms with Gasteiger partial charge in [0, 0.05) is 29.6 Å². The minimum absolute atomic E-state index is 0.320. The van der Waals surface area contributed by atoms with Gasteiger partial charge in [0.1, 0.15) is 0 Å². The number of nitrogens with one attached hydrogen (secondary N) is 1. The van der Waals surface area contributed by atoms with Crippen LogP contribution in [0.25, 0.3) is 10.9 Å². The van der Waals surface area contributed by atoms with E-state index in [4.69, 9.17) is 4.74 Å². The van der Waals surface area contributed by atoms with Crippen LogP contribution in [-0.2, 0) is 4.74 Å². The number of hydrogen-bond acceptors (Lipinski definition) is 3. The average molecular weight is 284 g/mol. The standard InChI is InChI=1S/C18H24N2O/c1-4-19-18(16-9-10-21-13(16)3)15-7-8-17-14(11-15)6-5-12(2)20-17/h5-8,11,13,16,18-19H,4,9-10H2,1-3H3. The van der Waals surface area contributed by atoms with Gasteiger partial charge in [-0.15, -0.1) is 0 Å². The minimum Gasteiger partial charge on any atom is -0.378 e. The maximum absolute atomic E-state index is 5.77. The lowest BCUT2D eigenvalue weighted by Gasteiger charge is -2.27. The normalized spacial score (nSPS) is 23.6. The highest BCUT2D eigenvalue weighted by molar-refractivity contribution is 5.79. The van der Waals surface area contributed by atoms with Crippen LogP contribution in [0.2, 0.25) is 0 Å². The summed E-state index contributed by atoms with van der Waals surface area (Å²) in [5.74, 6) is 0.542. The van der Waals surface area contributed by atoms with E-state index in [-0.39, 0.29) is 0 Å². The van der Waals surface area contributed by atoms with E-state index < -0.39 is 0 Å². The lowest BCUT2D eigenvalue weighted by Crippen LogP contribution is -2.31. The number of fused-ring (bicyclic) bond motifs is 1. The van der Waals surface area contributed by atoms with Crippen LogP contribution in [0.5, 0.6) is 0 Å². The Hall–Kier alpha value is -1.45. The Morgan fingerprint density at radius 3 is 2.90 bits per heavy atom. The highest BCUT2D eigenvalue weighted by Gasteiger charge is 2.32. The van der Waals surface area contributed by atoms with Crippen molar-refractivity contribution in [3.8, 4) is 0 Å². The quantitative estimate of drug-likeness (QED) is 0.931. The molecule has 0 bridgehead atoms. The second kappa shape index (κ2) is 6.12. The number of nitrogens with zero attached hydrogens (tertiary/aromatic N) is 1. The smallest absolute Gasteiger partial charge is 0.0705 e. The van der Waals surface area contributed by atoms with Gasteiger partial charge in [0.2, 0.25) is 0 Å². The van der Waals surface area contributed by atoms with E-state index in [1.165, 1.54) is 10.9 Å². The summed E-state index contributed by atoms with van der Waals surface area (Å²) < 4.78 is 5.77. The Morgan fingerprint density at radius 2 is 2.19 bits per heavy atom. The molecule has 3 heteroatoms. The molecule has 1 aromatic carbocycles. The third-order valence-electron chi connectivity index (χ3n) is 4.50. The van der Waals surface area contributed by atoms with E-state index in [1.807, 2.05) is 6.92 Å². The molecule has 0 saturated carbocycles. The van der Waals surface area contributed by atoms with Crippen molar-refractivity contribution in [1.29, 1.82) is 0 Å². The van der Waals surface area contributed by atoms with E-state index in [9.17, 15) is 0 Å². The summed E-state index contributed by atoms with van der Waals surface area (Å²) in [4.78, 5) is 4.59. The van der Waals surface area contributed by atoms with Crippen LogP contribution in [0, 0.1) is 12.8 Å². The van der Waals surface area contributed by atoms with E-state index in [0.717, 1.165) is 30.8 Å². The first-order chi connectivity index (χ1) is 10.2. The van der Waals surface area contributed by atoms with Gasteiger partial charge < -0.3 is 10.1 Å². The molecular formula is C18H24N2O. The molecule has 2 aromatic rings. The van der Waals surface area contributed by atoms with Gasteiger partial charge >= 0.3 is 0 Å². The number of hydrogen-bond donors (Lipinski definition) is 1. The fourth-order valence-electron chi connectivity index (χ4n) is 3.36. The van der Waals surface area contributed by atoms with E-state index in [1.54, 1.807) is 0 Å². The molecule has 1 aromatic heterocycles. The Bertz CT molecular complexity index is 626. The number of aromatic nitrogens is 1. The SMILES string of the molecule is CCNC(c1ccc2nc(C)ccc2c1)C1CCOC1C. The molecule has 21 heavy (non-hydrogen) atoms. The maximum atomic E-state index is 5.77. The van der Waals surface area contributed by atoms with Crippen molar-refractivity contribution < 1.29 is 4.74 Å². The highest BCUT2D eigenvalue weighted by atomic mass is 16.5. The highest BCUT2D eigenvalue weighted by Crippen LogP contribution is 2.34.